The van der Waals surface area contributed by atoms with E-state index < -0.39 is 41.7 Å². The number of nitrogens with two attached hydrogens (primary N) is 1. The first-order chi connectivity index (χ1) is 25.2. The molecule has 2 fully saturated rings. The lowest BCUT2D eigenvalue weighted by molar-refractivity contribution is -0.144. The van der Waals surface area contributed by atoms with E-state index in [0.29, 0.717) is 31.2 Å². The summed E-state index contributed by atoms with van der Waals surface area (Å²) in [5, 5.41) is 5.52. The zero-order chi connectivity index (χ0) is 38.3. The average Bonchev–Trinajstić information content (AvgIpc) is 3.47. The minimum Gasteiger partial charge on any atom is -0.472 e. The van der Waals surface area contributed by atoms with E-state index in [4.69, 9.17) is 34.9 Å². The van der Waals surface area contributed by atoms with Crippen molar-refractivity contribution >= 4 is 35.2 Å². The molecule has 0 radical (unpaired) electrons. The molecule has 3 amide bonds. The number of hydrogen-bond acceptors (Lipinski definition) is 11. The summed E-state index contributed by atoms with van der Waals surface area (Å²) in [5.41, 5.74) is 7.99. The number of fused-ring (bicyclic) bond motifs is 1. The highest BCUT2D eigenvalue weighted by molar-refractivity contribution is 7.13. The molecule has 3 heterocycles. The van der Waals surface area contributed by atoms with Crippen LogP contribution < -0.4 is 15.8 Å². The molecule has 2 aromatic rings. The Morgan fingerprint density at radius 2 is 1.85 bits per heavy atom. The molecular weight excluding hydrogens is 697 g/mol. The number of amides is 3. The van der Waals surface area contributed by atoms with Crippen molar-refractivity contribution in [2.75, 3.05) is 13.2 Å². The van der Waals surface area contributed by atoms with E-state index >= 15 is 0 Å². The number of unbranched alkanes of at least 4 members (excludes halogenated alkanes) is 3. The SMILES string of the molecule is CCOC(=O)[C@H]1C[C@H]1/C=C\CCCCC[C@H](NC(=O)OC(C)(C)C)C(=O)N1C[C@H](Oc2nc(-c3nc(C(C)C)cs3)nc3c2CCCC3)C[C@H]1C(N)=O. The van der Waals surface area contributed by atoms with Gasteiger partial charge in [0.25, 0.3) is 0 Å². The zero-order valence-corrected chi connectivity index (χ0v) is 32.8. The number of likely N-dealkylation sites (tertiary alicyclic amines) is 1. The van der Waals surface area contributed by atoms with Crippen LogP contribution >= 0.6 is 11.3 Å². The van der Waals surface area contributed by atoms with Gasteiger partial charge in [-0.1, -0.05) is 38.8 Å². The van der Waals surface area contributed by atoms with Gasteiger partial charge in [0.05, 0.1) is 30.5 Å². The van der Waals surface area contributed by atoms with Crippen LogP contribution in [0.1, 0.15) is 122 Å². The largest absolute Gasteiger partial charge is 0.472 e. The van der Waals surface area contributed by atoms with Crippen LogP contribution in [0.15, 0.2) is 17.5 Å². The Morgan fingerprint density at radius 3 is 2.55 bits per heavy atom. The quantitative estimate of drug-likeness (QED) is 0.117. The fourth-order valence-electron chi connectivity index (χ4n) is 6.87. The topological polar surface area (TPSA) is 176 Å². The van der Waals surface area contributed by atoms with Gasteiger partial charge in [0.2, 0.25) is 17.7 Å². The number of carbonyl (C=O) groups is 4. The van der Waals surface area contributed by atoms with E-state index in [1.54, 1.807) is 20.8 Å². The minimum absolute atomic E-state index is 0.0258. The van der Waals surface area contributed by atoms with Crippen molar-refractivity contribution in [3.05, 3.63) is 34.5 Å². The van der Waals surface area contributed by atoms with Gasteiger partial charge in [0, 0.05) is 17.4 Å². The molecule has 5 rings (SSSR count). The number of carbonyl (C=O) groups excluding carboxylic acids is 4. The van der Waals surface area contributed by atoms with E-state index in [1.165, 1.54) is 16.2 Å². The number of aromatic nitrogens is 3. The first-order valence-corrected chi connectivity index (χ1v) is 20.1. The maximum atomic E-state index is 14.2. The average molecular weight is 753 g/mol. The second-order valence-electron chi connectivity index (χ2n) is 15.6. The van der Waals surface area contributed by atoms with Gasteiger partial charge in [-0.05, 0) is 90.9 Å². The summed E-state index contributed by atoms with van der Waals surface area (Å²) in [5.74, 6) is 0.308. The Labute approximate surface area is 316 Å². The predicted molar refractivity (Wildman–Crippen MR) is 201 cm³/mol. The van der Waals surface area contributed by atoms with E-state index in [1.807, 2.05) is 12.3 Å². The maximum Gasteiger partial charge on any atom is 0.408 e. The molecule has 0 unspecified atom stereocenters. The molecular formula is C39H56N6O7S. The van der Waals surface area contributed by atoms with Crippen molar-refractivity contribution < 1.29 is 33.4 Å². The van der Waals surface area contributed by atoms with Crippen LogP contribution in [-0.4, -0.2) is 80.7 Å². The fourth-order valence-corrected chi connectivity index (χ4v) is 7.79. The molecule has 1 aliphatic heterocycles. The third-order valence-corrected chi connectivity index (χ3v) is 10.6. The molecule has 0 aromatic carbocycles. The maximum absolute atomic E-state index is 14.2. The molecule has 0 bridgehead atoms. The second-order valence-corrected chi connectivity index (χ2v) is 16.5. The monoisotopic (exact) mass is 752 g/mol. The highest BCUT2D eigenvalue weighted by Crippen LogP contribution is 2.41. The summed E-state index contributed by atoms with van der Waals surface area (Å²) in [6, 6.07) is -1.83. The van der Waals surface area contributed by atoms with Crippen molar-refractivity contribution in [3.63, 3.8) is 0 Å². The Hall–Kier alpha value is -4.07. The molecule has 5 atom stereocenters. The van der Waals surface area contributed by atoms with Crippen LogP contribution in [-0.2, 0) is 36.7 Å². The molecule has 290 valence electrons. The van der Waals surface area contributed by atoms with E-state index in [2.05, 4.69) is 31.3 Å². The third kappa shape index (κ3) is 11.0. The summed E-state index contributed by atoms with van der Waals surface area (Å²) in [4.78, 5) is 67.7. The summed E-state index contributed by atoms with van der Waals surface area (Å²) < 4.78 is 17.2. The van der Waals surface area contributed by atoms with Crippen LogP contribution in [0.2, 0.25) is 0 Å². The van der Waals surface area contributed by atoms with Gasteiger partial charge in [-0.2, -0.15) is 4.98 Å². The number of ether oxygens (including phenoxy) is 3. The Kier molecular flexibility index (Phi) is 13.5. The smallest absolute Gasteiger partial charge is 0.408 e. The van der Waals surface area contributed by atoms with Gasteiger partial charge in [-0.25, -0.2) is 14.8 Å². The number of nitrogens with zero attached hydrogens (tertiary/aromatic N) is 4. The van der Waals surface area contributed by atoms with Crippen molar-refractivity contribution in [2.24, 2.45) is 17.6 Å². The standard InChI is InChI=1S/C39H56N6O7S/c1-7-50-37(48)27-19-24(27)15-11-9-8-10-12-18-29(43-38(49)52-39(4,5)6)36(47)45-21-25(20-31(45)32(40)46)51-34-26-16-13-14-17-28(26)41-33(44-34)35-42-30(22-53-35)23(2)3/h11,15,22-25,27,29,31H,7-10,12-14,16-21H2,1-6H3,(H2,40,46)(H,43,49)/b15-11-/t24-,25-,27+,29+,31+/m1/s1. The molecule has 53 heavy (non-hydrogen) atoms. The van der Waals surface area contributed by atoms with Gasteiger partial charge in [0.1, 0.15) is 23.8 Å². The minimum atomic E-state index is -0.920. The number of thiazole rings is 1. The molecule has 2 aliphatic carbocycles. The van der Waals surface area contributed by atoms with Crippen LogP contribution in [0.25, 0.3) is 10.8 Å². The van der Waals surface area contributed by atoms with Gasteiger partial charge in [-0.3, -0.25) is 14.4 Å². The van der Waals surface area contributed by atoms with Crippen molar-refractivity contribution in [1.29, 1.82) is 0 Å². The molecule has 1 saturated carbocycles. The Balaban J connectivity index is 1.25. The van der Waals surface area contributed by atoms with Crippen molar-refractivity contribution in [3.8, 4) is 16.7 Å². The van der Waals surface area contributed by atoms with Crippen LogP contribution in [0.5, 0.6) is 5.88 Å². The molecule has 1 saturated heterocycles. The molecule has 14 heteroatoms. The predicted octanol–water partition coefficient (Wildman–Crippen LogP) is 6.04. The highest BCUT2D eigenvalue weighted by atomic mass is 32.1. The second kappa shape index (κ2) is 17.8. The van der Waals surface area contributed by atoms with Crippen LogP contribution in [0.4, 0.5) is 4.79 Å². The Morgan fingerprint density at radius 1 is 1.08 bits per heavy atom. The summed E-state index contributed by atoms with van der Waals surface area (Å²) in [6.07, 6.45) is 11.1. The number of esters is 1. The van der Waals surface area contributed by atoms with E-state index in [-0.39, 0.29) is 36.7 Å². The molecule has 13 nitrogen and oxygen atoms in total. The number of nitrogens with one attached hydrogen (secondary N) is 1. The normalized spacial score (nSPS) is 21.7. The molecule has 3 N–H and O–H groups in total. The summed E-state index contributed by atoms with van der Waals surface area (Å²) in [7, 11) is 0. The van der Waals surface area contributed by atoms with Gasteiger partial charge >= 0.3 is 12.1 Å². The van der Waals surface area contributed by atoms with Crippen molar-refractivity contribution in [2.45, 2.75) is 142 Å². The Bertz CT molecular complexity index is 1650. The number of alkyl carbamates (subject to hydrolysis) is 1. The summed E-state index contributed by atoms with van der Waals surface area (Å²) in [6.45, 7) is 11.8. The zero-order valence-electron chi connectivity index (χ0n) is 32.0. The van der Waals surface area contributed by atoms with E-state index in [0.717, 1.165) is 73.3 Å². The first-order valence-electron chi connectivity index (χ1n) is 19.2. The number of aryl methyl sites for hydroxylation is 1. The molecule has 0 spiro atoms. The summed E-state index contributed by atoms with van der Waals surface area (Å²) >= 11 is 1.50. The molecule has 3 aliphatic rings. The third-order valence-electron chi connectivity index (χ3n) is 9.77. The lowest BCUT2D eigenvalue weighted by Gasteiger charge is -2.28. The highest BCUT2D eigenvalue weighted by Gasteiger charge is 2.43. The number of primary amides is 1. The van der Waals surface area contributed by atoms with Gasteiger partial charge in [-0.15, -0.1) is 11.3 Å². The lowest BCUT2D eigenvalue weighted by Crippen LogP contribution is -2.53. The number of allylic oxidation sites excluding steroid dienone is 2. The fraction of sp³-hybridized carbons (Fsp3) is 0.667. The molecule has 2 aromatic heterocycles. The number of rotatable bonds is 16. The van der Waals surface area contributed by atoms with Gasteiger partial charge in [0.15, 0.2) is 10.8 Å². The van der Waals surface area contributed by atoms with Gasteiger partial charge < -0.3 is 30.2 Å². The first kappa shape index (κ1) is 40.1. The number of hydrogen-bond donors (Lipinski definition) is 2. The van der Waals surface area contributed by atoms with Crippen molar-refractivity contribution in [1.82, 2.24) is 25.2 Å². The van der Waals surface area contributed by atoms with Crippen LogP contribution in [0.3, 0.4) is 0 Å². The lowest BCUT2D eigenvalue weighted by atomic mass is 9.97. The van der Waals surface area contributed by atoms with Crippen LogP contribution in [0, 0.1) is 11.8 Å². The van der Waals surface area contributed by atoms with E-state index in [9.17, 15) is 19.2 Å².